The van der Waals surface area contributed by atoms with Gasteiger partial charge in [0.05, 0.1) is 11.3 Å². The van der Waals surface area contributed by atoms with Crippen LogP contribution in [0.3, 0.4) is 0 Å². The van der Waals surface area contributed by atoms with Crippen LogP contribution in [0, 0.1) is 5.82 Å². The maximum absolute atomic E-state index is 14.1. The molecule has 0 aliphatic carbocycles. The van der Waals surface area contributed by atoms with Crippen LogP contribution in [0.1, 0.15) is 34.8 Å². The lowest BCUT2D eigenvalue weighted by molar-refractivity contribution is 0.112. The zero-order valence-corrected chi connectivity index (χ0v) is 16.8. The lowest BCUT2D eigenvalue weighted by Gasteiger charge is -2.35. The topological polar surface area (TPSA) is 23.6 Å². The van der Waals surface area contributed by atoms with Crippen molar-refractivity contribution in [1.82, 2.24) is 0 Å². The van der Waals surface area contributed by atoms with Crippen LogP contribution >= 0.6 is 15.9 Å². The smallest absolute Gasteiger partial charge is 0.153 e. The van der Waals surface area contributed by atoms with E-state index in [2.05, 4.69) is 56.9 Å². The summed E-state index contributed by atoms with van der Waals surface area (Å²) in [5.74, 6) is -0.359. The van der Waals surface area contributed by atoms with E-state index in [9.17, 15) is 9.18 Å². The van der Waals surface area contributed by atoms with Gasteiger partial charge in [0.2, 0.25) is 0 Å². The molecule has 0 fully saturated rings. The van der Waals surface area contributed by atoms with Crippen molar-refractivity contribution < 1.29 is 9.18 Å². The van der Waals surface area contributed by atoms with Gasteiger partial charge in [-0.3, -0.25) is 4.79 Å². The average molecular weight is 417 g/mol. The highest BCUT2D eigenvalue weighted by Crippen LogP contribution is 2.38. The highest BCUT2D eigenvalue weighted by atomic mass is 79.9. The number of benzene rings is 2. The molecule has 0 aromatic heterocycles. The summed E-state index contributed by atoms with van der Waals surface area (Å²) in [6, 6.07) is 9.19. The van der Waals surface area contributed by atoms with Crippen LogP contribution in [-0.2, 0) is 6.42 Å². The van der Waals surface area contributed by atoms with E-state index >= 15 is 0 Å². The minimum Gasteiger partial charge on any atom is -0.378 e. The van der Waals surface area contributed by atoms with E-state index in [1.165, 1.54) is 17.7 Å². The monoisotopic (exact) mass is 416 g/mol. The first-order valence-corrected chi connectivity index (χ1v) is 9.48. The van der Waals surface area contributed by atoms with Crippen molar-refractivity contribution in [1.29, 1.82) is 0 Å². The molecule has 0 radical (unpaired) electrons. The number of allylic oxidation sites excluding steroid dienone is 1. The number of aldehydes is 1. The van der Waals surface area contributed by atoms with Gasteiger partial charge in [-0.25, -0.2) is 4.39 Å². The predicted molar refractivity (Wildman–Crippen MR) is 110 cm³/mol. The summed E-state index contributed by atoms with van der Waals surface area (Å²) in [5, 5.41) is 0. The largest absolute Gasteiger partial charge is 0.378 e. The molecule has 136 valence electrons. The van der Waals surface area contributed by atoms with Crippen molar-refractivity contribution in [2.75, 3.05) is 30.4 Å². The van der Waals surface area contributed by atoms with Crippen LogP contribution in [0.25, 0.3) is 5.70 Å². The molecule has 1 heterocycles. The Labute approximate surface area is 162 Å². The number of hydrogen-bond donors (Lipinski definition) is 0. The molecular weight excluding hydrogens is 395 g/mol. The Hall–Kier alpha value is -2.14. The normalized spacial score (nSPS) is 15.1. The van der Waals surface area contributed by atoms with Gasteiger partial charge in [-0.05, 0) is 58.6 Å². The van der Waals surface area contributed by atoms with Crippen LogP contribution in [-0.4, -0.2) is 26.9 Å². The third-order valence-electron chi connectivity index (χ3n) is 4.66. The summed E-state index contributed by atoms with van der Waals surface area (Å²) in [7, 11) is 4.06. The highest BCUT2D eigenvalue weighted by molar-refractivity contribution is 9.10. The Morgan fingerprint density at radius 1 is 1.27 bits per heavy atom. The number of anilines is 2. The molecule has 0 saturated carbocycles. The first kappa shape index (κ1) is 18.6. The molecule has 0 unspecified atom stereocenters. The van der Waals surface area contributed by atoms with Crippen LogP contribution in [0.4, 0.5) is 15.8 Å². The van der Waals surface area contributed by atoms with Crippen molar-refractivity contribution in [3.63, 3.8) is 0 Å². The maximum Gasteiger partial charge on any atom is 0.153 e. The lowest BCUT2D eigenvalue weighted by atomic mass is 9.94. The number of nitrogens with zero attached hydrogens (tertiary/aromatic N) is 2. The summed E-state index contributed by atoms with van der Waals surface area (Å²) < 4.78 is 14.5. The Morgan fingerprint density at radius 2 is 2.04 bits per heavy atom. The first-order chi connectivity index (χ1) is 12.5. The lowest BCUT2D eigenvalue weighted by Crippen LogP contribution is -2.30. The minimum atomic E-state index is -0.359. The number of rotatable bonds is 4. The van der Waals surface area contributed by atoms with Gasteiger partial charge in [0.25, 0.3) is 0 Å². The van der Waals surface area contributed by atoms with E-state index in [0.717, 1.165) is 36.1 Å². The zero-order chi connectivity index (χ0) is 18.8. The quantitative estimate of drug-likeness (QED) is 0.633. The molecule has 0 spiro atoms. The van der Waals surface area contributed by atoms with Gasteiger partial charge in [0.15, 0.2) is 6.29 Å². The summed E-state index contributed by atoms with van der Waals surface area (Å²) in [5.41, 5.74) is 5.68. The van der Waals surface area contributed by atoms with Gasteiger partial charge >= 0.3 is 0 Å². The van der Waals surface area contributed by atoms with Gasteiger partial charge in [-0.1, -0.05) is 19.1 Å². The molecule has 0 N–H and O–H groups in total. The Balaban J connectivity index is 2.14. The van der Waals surface area contributed by atoms with Crippen LogP contribution in [0.2, 0.25) is 0 Å². The van der Waals surface area contributed by atoms with Crippen molar-refractivity contribution in [2.45, 2.75) is 19.8 Å². The Bertz CT molecular complexity index is 877. The number of halogens is 2. The number of fused-ring (bicyclic) bond motifs is 1. The minimum absolute atomic E-state index is 0.359. The molecule has 2 aromatic carbocycles. The second-order valence-electron chi connectivity index (χ2n) is 6.57. The third kappa shape index (κ3) is 3.40. The molecule has 26 heavy (non-hydrogen) atoms. The van der Waals surface area contributed by atoms with Crippen molar-refractivity contribution in [3.05, 3.63) is 63.4 Å². The standard InChI is InChI=1S/C21H22BrFN2O/c1-4-5-20-17-7-6-16(24(2)3)10-14(17)8-9-25(20)21-12-15(23)11-19(22)18(21)13-26/h5-7,10-13H,4,8-9H2,1-3H3. The molecule has 3 rings (SSSR count). The van der Waals surface area contributed by atoms with Crippen LogP contribution in [0.5, 0.6) is 0 Å². The molecule has 3 nitrogen and oxygen atoms in total. The number of hydrogen-bond acceptors (Lipinski definition) is 3. The summed E-state index contributed by atoms with van der Waals surface area (Å²) in [6.07, 6.45) is 4.62. The summed E-state index contributed by atoms with van der Waals surface area (Å²) in [6.45, 7) is 2.78. The third-order valence-corrected chi connectivity index (χ3v) is 5.31. The average Bonchev–Trinajstić information content (AvgIpc) is 2.61. The van der Waals surface area contributed by atoms with Crippen molar-refractivity contribution in [3.8, 4) is 0 Å². The molecule has 1 aliphatic heterocycles. The fourth-order valence-electron chi connectivity index (χ4n) is 3.39. The molecule has 5 heteroatoms. The first-order valence-electron chi connectivity index (χ1n) is 8.68. The SMILES string of the molecule is CCC=C1c2ccc(N(C)C)cc2CCN1c1cc(F)cc(Br)c1C=O. The zero-order valence-electron chi connectivity index (χ0n) is 15.2. The predicted octanol–water partition coefficient (Wildman–Crippen LogP) is 5.28. The molecule has 1 aliphatic rings. The summed E-state index contributed by atoms with van der Waals surface area (Å²) in [4.78, 5) is 15.8. The van der Waals surface area contributed by atoms with Gasteiger partial charge in [-0.2, -0.15) is 0 Å². The number of carbonyl (C=O) groups is 1. The van der Waals surface area contributed by atoms with Crippen LogP contribution < -0.4 is 9.80 Å². The molecule has 0 saturated heterocycles. The molecule has 2 aromatic rings. The fraction of sp³-hybridized carbons (Fsp3) is 0.286. The van der Waals surface area contributed by atoms with E-state index < -0.39 is 0 Å². The summed E-state index contributed by atoms with van der Waals surface area (Å²) >= 11 is 3.32. The van der Waals surface area contributed by atoms with Gasteiger partial charge in [0, 0.05) is 42.1 Å². The maximum atomic E-state index is 14.1. The fourth-order valence-corrected chi connectivity index (χ4v) is 3.90. The molecule has 0 bridgehead atoms. The van der Waals surface area contributed by atoms with E-state index in [1.54, 1.807) is 0 Å². The second kappa shape index (κ2) is 7.62. The van der Waals surface area contributed by atoms with Crippen LogP contribution in [0.15, 0.2) is 40.9 Å². The van der Waals surface area contributed by atoms with Crippen molar-refractivity contribution in [2.24, 2.45) is 0 Å². The van der Waals surface area contributed by atoms with Gasteiger partial charge < -0.3 is 9.80 Å². The molecule has 0 amide bonds. The Kier molecular flexibility index (Phi) is 5.47. The molecule has 0 atom stereocenters. The molecular formula is C21H22BrFN2O. The van der Waals surface area contributed by atoms with Gasteiger partial charge in [-0.15, -0.1) is 0 Å². The van der Waals surface area contributed by atoms with E-state index in [4.69, 9.17) is 0 Å². The Morgan fingerprint density at radius 3 is 2.69 bits per heavy atom. The second-order valence-corrected chi connectivity index (χ2v) is 7.43. The van der Waals surface area contributed by atoms with E-state index in [-0.39, 0.29) is 5.82 Å². The van der Waals surface area contributed by atoms with Crippen molar-refractivity contribution >= 4 is 39.3 Å². The number of carbonyl (C=O) groups excluding carboxylic acids is 1. The van der Waals surface area contributed by atoms with Gasteiger partial charge in [0.1, 0.15) is 5.82 Å². The van der Waals surface area contributed by atoms with E-state index in [1.807, 2.05) is 14.1 Å². The highest BCUT2D eigenvalue weighted by Gasteiger charge is 2.25. The van der Waals surface area contributed by atoms with E-state index in [0.29, 0.717) is 22.3 Å².